The van der Waals surface area contributed by atoms with Crippen LogP contribution < -0.4 is 5.32 Å². The molecule has 4 nitrogen and oxygen atoms in total. The van der Waals surface area contributed by atoms with E-state index in [0.29, 0.717) is 10.0 Å². The maximum absolute atomic E-state index is 6.38. The largest absolute Gasteiger partial charge is 0.343 e. The van der Waals surface area contributed by atoms with Crippen LogP contribution in [0.15, 0.2) is 67.4 Å². The molecule has 0 fully saturated rings. The quantitative estimate of drug-likeness (QED) is 0.345. The van der Waals surface area contributed by atoms with Crippen molar-refractivity contribution >= 4 is 46.5 Å². The molecule has 0 aliphatic rings. The molecule has 0 saturated heterocycles. The third-order valence-corrected chi connectivity index (χ3v) is 5.46. The molecule has 2 aromatic heterocycles. The predicted molar refractivity (Wildman–Crippen MR) is 123 cm³/mol. The summed E-state index contributed by atoms with van der Waals surface area (Å²) in [4.78, 5) is 4.07. The summed E-state index contributed by atoms with van der Waals surface area (Å²) in [6.45, 7) is 3.49. The van der Waals surface area contributed by atoms with Crippen LogP contribution in [0.2, 0.25) is 10.0 Å². The van der Waals surface area contributed by atoms with Crippen molar-refractivity contribution in [1.82, 2.24) is 19.4 Å². The Kier molecular flexibility index (Phi) is 7.62. The minimum Gasteiger partial charge on any atom is -0.343 e. The minimum absolute atomic E-state index is 0. The van der Waals surface area contributed by atoms with Crippen molar-refractivity contribution in [3.63, 3.8) is 0 Å². The van der Waals surface area contributed by atoms with Crippen molar-refractivity contribution in [3.8, 4) is 0 Å². The first-order valence-corrected chi connectivity index (χ1v) is 10.1. The van der Waals surface area contributed by atoms with Gasteiger partial charge in [-0.05, 0) is 42.3 Å². The molecule has 1 N–H and O–H groups in total. The Bertz CT molecular complexity index is 1060. The maximum atomic E-state index is 6.38. The molecule has 0 spiro atoms. The van der Waals surface area contributed by atoms with E-state index in [4.69, 9.17) is 23.2 Å². The first kappa shape index (κ1) is 21.7. The van der Waals surface area contributed by atoms with Gasteiger partial charge in [0.1, 0.15) is 0 Å². The SMILES string of the molecule is Cl.Clc1ccc(Cn2cc(CNCCCn3ccnc3)c3ccccc32)c(Cl)c1. The fourth-order valence-corrected chi connectivity index (χ4v) is 3.92. The van der Waals surface area contributed by atoms with Gasteiger partial charge in [-0.25, -0.2) is 4.98 Å². The zero-order chi connectivity index (χ0) is 19.3. The number of rotatable bonds is 8. The third-order valence-electron chi connectivity index (χ3n) is 4.87. The summed E-state index contributed by atoms with van der Waals surface area (Å²) in [6, 6.07) is 14.2. The molecule has 0 bridgehead atoms. The number of nitrogens with zero attached hydrogens (tertiary/aromatic N) is 3. The van der Waals surface area contributed by atoms with E-state index in [2.05, 4.69) is 49.9 Å². The average molecular weight is 450 g/mol. The zero-order valence-corrected chi connectivity index (χ0v) is 18.2. The second kappa shape index (κ2) is 10.2. The van der Waals surface area contributed by atoms with E-state index < -0.39 is 0 Å². The topological polar surface area (TPSA) is 34.8 Å². The Morgan fingerprint density at radius 1 is 1.03 bits per heavy atom. The van der Waals surface area contributed by atoms with Crippen molar-refractivity contribution < 1.29 is 0 Å². The number of aryl methyl sites for hydroxylation is 1. The molecule has 0 unspecified atom stereocenters. The molecule has 0 saturated carbocycles. The van der Waals surface area contributed by atoms with Gasteiger partial charge in [-0.2, -0.15) is 0 Å². The van der Waals surface area contributed by atoms with Gasteiger partial charge >= 0.3 is 0 Å². The molecule has 7 heteroatoms. The highest BCUT2D eigenvalue weighted by Crippen LogP contribution is 2.26. The first-order valence-electron chi connectivity index (χ1n) is 9.38. The highest BCUT2D eigenvalue weighted by Gasteiger charge is 2.10. The Balaban J connectivity index is 0.00000240. The number of para-hydroxylation sites is 1. The standard InChI is InChI=1S/C22H22Cl2N4.ClH/c23-19-7-6-17(21(24)12-19)14-28-15-18(20-4-1-2-5-22(20)28)13-25-8-3-10-27-11-9-26-16-27;/h1-2,4-7,9,11-12,15-16,25H,3,8,10,13-14H2;1H. The Morgan fingerprint density at radius 3 is 2.69 bits per heavy atom. The van der Waals surface area contributed by atoms with Gasteiger partial charge in [0.2, 0.25) is 0 Å². The van der Waals surface area contributed by atoms with Gasteiger partial charge in [-0.3, -0.25) is 0 Å². The van der Waals surface area contributed by atoms with Crippen molar-refractivity contribution in [2.75, 3.05) is 6.54 Å². The fourth-order valence-electron chi connectivity index (χ4n) is 3.46. The lowest BCUT2D eigenvalue weighted by molar-refractivity contribution is 0.581. The van der Waals surface area contributed by atoms with Crippen LogP contribution in [0.4, 0.5) is 0 Å². The summed E-state index contributed by atoms with van der Waals surface area (Å²) in [6.07, 6.45) is 8.95. The molecule has 0 atom stereocenters. The number of halogens is 3. The van der Waals surface area contributed by atoms with Crippen molar-refractivity contribution in [2.24, 2.45) is 0 Å². The number of benzene rings is 2. The Labute approximate surface area is 186 Å². The monoisotopic (exact) mass is 448 g/mol. The summed E-state index contributed by atoms with van der Waals surface area (Å²) in [7, 11) is 0. The van der Waals surface area contributed by atoms with E-state index in [9.17, 15) is 0 Å². The molecule has 0 aliphatic carbocycles. The molecule has 2 aromatic carbocycles. The predicted octanol–water partition coefficient (Wildman–Crippen LogP) is 5.79. The summed E-state index contributed by atoms with van der Waals surface area (Å²) in [5, 5.41) is 6.19. The second-order valence-electron chi connectivity index (χ2n) is 6.87. The molecule has 0 aliphatic heterocycles. The first-order chi connectivity index (χ1) is 13.7. The maximum Gasteiger partial charge on any atom is 0.0945 e. The van der Waals surface area contributed by atoms with Gasteiger partial charge < -0.3 is 14.5 Å². The van der Waals surface area contributed by atoms with E-state index in [1.165, 1.54) is 16.5 Å². The lowest BCUT2D eigenvalue weighted by Gasteiger charge is -2.08. The Hall–Kier alpha value is -1.98. The lowest BCUT2D eigenvalue weighted by Crippen LogP contribution is -2.16. The molecule has 0 radical (unpaired) electrons. The third kappa shape index (κ3) is 5.34. The van der Waals surface area contributed by atoms with Crippen LogP contribution in [0.1, 0.15) is 17.5 Å². The van der Waals surface area contributed by atoms with Crippen molar-refractivity contribution in [2.45, 2.75) is 26.1 Å². The highest BCUT2D eigenvalue weighted by molar-refractivity contribution is 6.35. The molecular formula is C22H23Cl3N4. The van der Waals surface area contributed by atoms with E-state index >= 15 is 0 Å². The van der Waals surface area contributed by atoms with Crippen LogP contribution in [-0.2, 0) is 19.6 Å². The van der Waals surface area contributed by atoms with Gasteiger partial charge in [0.25, 0.3) is 0 Å². The number of nitrogens with one attached hydrogen (secondary N) is 1. The number of hydrogen-bond donors (Lipinski definition) is 1. The van der Waals surface area contributed by atoms with Crippen LogP contribution in [0.5, 0.6) is 0 Å². The smallest absolute Gasteiger partial charge is 0.0945 e. The molecule has 0 amide bonds. The molecular weight excluding hydrogens is 427 g/mol. The van der Waals surface area contributed by atoms with Crippen LogP contribution in [-0.4, -0.2) is 20.7 Å². The highest BCUT2D eigenvalue weighted by atomic mass is 35.5. The summed E-state index contributed by atoms with van der Waals surface area (Å²) in [5.41, 5.74) is 3.57. The lowest BCUT2D eigenvalue weighted by atomic mass is 10.2. The Morgan fingerprint density at radius 2 is 1.90 bits per heavy atom. The number of imidazole rings is 1. The normalized spacial score (nSPS) is 11.0. The second-order valence-corrected chi connectivity index (χ2v) is 7.71. The molecule has 4 rings (SSSR count). The number of hydrogen-bond acceptors (Lipinski definition) is 2. The average Bonchev–Trinajstić information content (AvgIpc) is 3.32. The van der Waals surface area contributed by atoms with E-state index in [1.807, 2.05) is 30.9 Å². The van der Waals surface area contributed by atoms with E-state index in [1.54, 1.807) is 6.07 Å². The summed E-state index contributed by atoms with van der Waals surface area (Å²) >= 11 is 12.4. The summed E-state index contributed by atoms with van der Waals surface area (Å²) < 4.78 is 4.36. The molecule has 29 heavy (non-hydrogen) atoms. The van der Waals surface area contributed by atoms with Crippen LogP contribution in [0, 0.1) is 0 Å². The molecule has 4 aromatic rings. The van der Waals surface area contributed by atoms with Crippen molar-refractivity contribution in [1.29, 1.82) is 0 Å². The molecule has 2 heterocycles. The van der Waals surface area contributed by atoms with Gasteiger partial charge in [0.05, 0.1) is 6.33 Å². The number of fused-ring (bicyclic) bond motifs is 1. The van der Waals surface area contributed by atoms with Gasteiger partial charge in [0.15, 0.2) is 0 Å². The van der Waals surface area contributed by atoms with E-state index in [-0.39, 0.29) is 12.4 Å². The zero-order valence-electron chi connectivity index (χ0n) is 15.9. The summed E-state index contributed by atoms with van der Waals surface area (Å²) in [5.74, 6) is 0. The van der Waals surface area contributed by atoms with Gasteiger partial charge in [0, 0.05) is 59.2 Å². The number of aromatic nitrogens is 3. The van der Waals surface area contributed by atoms with Gasteiger partial charge in [-0.15, -0.1) is 12.4 Å². The van der Waals surface area contributed by atoms with Crippen LogP contribution in [0.25, 0.3) is 10.9 Å². The fraction of sp³-hybridized carbons (Fsp3) is 0.227. The van der Waals surface area contributed by atoms with Gasteiger partial charge in [-0.1, -0.05) is 47.5 Å². The van der Waals surface area contributed by atoms with Crippen LogP contribution >= 0.6 is 35.6 Å². The molecule has 152 valence electrons. The van der Waals surface area contributed by atoms with E-state index in [0.717, 1.165) is 38.2 Å². The van der Waals surface area contributed by atoms with Crippen LogP contribution in [0.3, 0.4) is 0 Å². The van der Waals surface area contributed by atoms with Crippen molar-refractivity contribution in [3.05, 3.63) is 88.6 Å². The minimum atomic E-state index is 0.